The van der Waals surface area contributed by atoms with E-state index in [4.69, 9.17) is 0 Å². The number of anilines is 2. The van der Waals surface area contributed by atoms with Gasteiger partial charge in [-0.05, 0) is 43.4 Å². The third-order valence-electron chi connectivity index (χ3n) is 3.28. The summed E-state index contributed by atoms with van der Waals surface area (Å²) >= 11 is 3.52. The van der Waals surface area contributed by atoms with Gasteiger partial charge in [0.2, 0.25) is 0 Å². The molecule has 1 atom stereocenters. The van der Waals surface area contributed by atoms with Crippen LogP contribution in [0.5, 0.6) is 0 Å². The van der Waals surface area contributed by atoms with Gasteiger partial charge in [-0.1, -0.05) is 15.9 Å². The lowest BCUT2D eigenvalue weighted by molar-refractivity contribution is 0.609. The molecule has 1 aromatic rings. The maximum Gasteiger partial charge on any atom is 0.0589 e. The first-order chi connectivity index (χ1) is 7.33. The predicted molar refractivity (Wildman–Crippen MR) is 67.4 cm³/mol. The summed E-state index contributed by atoms with van der Waals surface area (Å²) in [6, 6.07) is 7.07. The van der Waals surface area contributed by atoms with E-state index < -0.39 is 0 Å². The third-order valence-corrected chi connectivity index (χ3v) is 3.78. The molecule has 0 aromatic heterocycles. The Morgan fingerprint density at radius 1 is 1.13 bits per heavy atom. The molecule has 0 spiro atoms. The van der Waals surface area contributed by atoms with E-state index in [1.54, 1.807) is 0 Å². The fourth-order valence-electron chi connectivity index (χ4n) is 2.28. The molecule has 1 fully saturated rings. The first-order valence-corrected chi connectivity index (χ1v) is 6.42. The minimum atomic E-state index is 0.674. The van der Waals surface area contributed by atoms with E-state index in [2.05, 4.69) is 44.8 Å². The van der Waals surface area contributed by atoms with Crippen molar-refractivity contribution in [3.63, 3.8) is 0 Å². The lowest BCUT2D eigenvalue weighted by Gasteiger charge is -2.16. The summed E-state index contributed by atoms with van der Waals surface area (Å²) < 4.78 is 1.15. The Morgan fingerprint density at radius 2 is 2.00 bits per heavy atom. The Labute approximate surface area is 98.6 Å². The van der Waals surface area contributed by atoms with Gasteiger partial charge in [-0.15, -0.1) is 0 Å². The number of hydrogen-bond donors (Lipinski definition) is 2. The average molecular weight is 267 g/mol. The zero-order valence-corrected chi connectivity index (χ0v) is 10.2. The van der Waals surface area contributed by atoms with Gasteiger partial charge in [-0.2, -0.15) is 0 Å². The van der Waals surface area contributed by atoms with Crippen LogP contribution >= 0.6 is 15.9 Å². The highest BCUT2D eigenvalue weighted by molar-refractivity contribution is 9.10. The number of nitrogens with one attached hydrogen (secondary N) is 2. The summed E-state index contributed by atoms with van der Waals surface area (Å²) in [5.74, 6) is 0.914. The molecule has 2 aliphatic rings. The first kappa shape index (κ1) is 9.52. The van der Waals surface area contributed by atoms with Crippen LogP contribution in [0.3, 0.4) is 0 Å². The lowest BCUT2D eigenvalue weighted by atomic mass is 10.1. The fraction of sp³-hybridized carbons (Fsp3) is 0.500. The van der Waals surface area contributed by atoms with Crippen LogP contribution in [0.1, 0.15) is 19.3 Å². The minimum absolute atomic E-state index is 0.674. The quantitative estimate of drug-likeness (QED) is 0.814. The molecule has 15 heavy (non-hydrogen) atoms. The molecule has 3 heteroatoms. The summed E-state index contributed by atoms with van der Waals surface area (Å²) in [6.07, 6.45) is 4.04. The number of fused-ring (bicyclic) bond motifs is 1. The molecule has 1 aliphatic carbocycles. The monoisotopic (exact) mass is 266 g/mol. The Kier molecular flexibility index (Phi) is 2.35. The minimum Gasteiger partial charge on any atom is -0.383 e. The fourth-order valence-corrected chi connectivity index (χ4v) is 2.64. The van der Waals surface area contributed by atoms with Crippen molar-refractivity contribution in [2.24, 2.45) is 5.92 Å². The van der Waals surface area contributed by atoms with Crippen LogP contribution in [0.4, 0.5) is 11.4 Å². The van der Waals surface area contributed by atoms with Crippen LogP contribution in [0.25, 0.3) is 0 Å². The van der Waals surface area contributed by atoms with E-state index in [1.807, 2.05) is 0 Å². The summed E-state index contributed by atoms with van der Waals surface area (Å²) in [5, 5.41) is 7.15. The second-order valence-electron chi connectivity index (χ2n) is 4.49. The van der Waals surface area contributed by atoms with E-state index in [9.17, 15) is 0 Å². The van der Waals surface area contributed by atoms with E-state index >= 15 is 0 Å². The molecular weight excluding hydrogens is 252 g/mol. The average Bonchev–Trinajstić information content (AvgIpc) is 3.03. The number of benzene rings is 1. The SMILES string of the molecule is Brc1ccc2c(c1)NC(C1CC1)CCN2. The molecule has 3 rings (SSSR count). The van der Waals surface area contributed by atoms with Gasteiger partial charge in [0.1, 0.15) is 0 Å². The van der Waals surface area contributed by atoms with Crippen molar-refractivity contribution in [2.75, 3.05) is 17.2 Å². The van der Waals surface area contributed by atoms with Crippen LogP contribution < -0.4 is 10.6 Å². The van der Waals surface area contributed by atoms with Gasteiger partial charge in [-0.25, -0.2) is 0 Å². The van der Waals surface area contributed by atoms with Crippen LogP contribution in [0, 0.1) is 5.92 Å². The molecule has 1 aliphatic heterocycles. The lowest BCUT2D eigenvalue weighted by Crippen LogP contribution is -2.21. The van der Waals surface area contributed by atoms with Gasteiger partial charge in [-0.3, -0.25) is 0 Å². The zero-order valence-electron chi connectivity index (χ0n) is 8.59. The highest BCUT2D eigenvalue weighted by atomic mass is 79.9. The van der Waals surface area contributed by atoms with Crippen LogP contribution in [-0.4, -0.2) is 12.6 Å². The molecule has 0 radical (unpaired) electrons. The van der Waals surface area contributed by atoms with Crippen molar-refractivity contribution in [3.05, 3.63) is 22.7 Å². The standard InChI is InChI=1S/C12H15BrN2/c13-9-3-4-11-12(7-9)15-10(5-6-14-11)8-1-2-8/h3-4,7-8,10,14-15H,1-2,5-6H2. The van der Waals surface area contributed by atoms with E-state index in [1.165, 1.54) is 30.6 Å². The predicted octanol–water partition coefficient (Wildman–Crippen LogP) is 3.46. The molecule has 1 unspecified atom stereocenters. The van der Waals surface area contributed by atoms with Gasteiger partial charge in [0, 0.05) is 17.1 Å². The summed E-state index contributed by atoms with van der Waals surface area (Å²) in [7, 11) is 0. The van der Waals surface area contributed by atoms with Crippen molar-refractivity contribution in [1.29, 1.82) is 0 Å². The normalized spacial score (nSPS) is 24.7. The smallest absolute Gasteiger partial charge is 0.0589 e. The maximum atomic E-state index is 3.67. The Balaban J connectivity index is 1.89. The van der Waals surface area contributed by atoms with Crippen molar-refractivity contribution in [3.8, 4) is 0 Å². The van der Waals surface area contributed by atoms with Crippen molar-refractivity contribution >= 4 is 27.3 Å². The summed E-state index contributed by atoms with van der Waals surface area (Å²) in [5.41, 5.74) is 2.49. The molecule has 0 bridgehead atoms. The Hall–Kier alpha value is -0.700. The molecule has 0 saturated heterocycles. The first-order valence-electron chi connectivity index (χ1n) is 5.63. The molecule has 1 aromatic carbocycles. The van der Waals surface area contributed by atoms with E-state index in [0.29, 0.717) is 6.04 Å². The van der Waals surface area contributed by atoms with Crippen LogP contribution in [-0.2, 0) is 0 Å². The highest BCUT2D eigenvalue weighted by Gasteiger charge is 2.32. The zero-order chi connectivity index (χ0) is 10.3. The van der Waals surface area contributed by atoms with E-state index in [0.717, 1.165) is 16.9 Å². The second-order valence-corrected chi connectivity index (χ2v) is 5.41. The number of hydrogen-bond acceptors (Lipinski definition) is 2. The van der Waals surface area contributed by atoms with Gasteiger partial charge >= 0.3 is 0 Å². The summed E-state index contributed by atoms with van der Waals surface area (Å²) in [6.45, 7) is 1.09. The molecule has 80 valence electrons. The highest BCUT2D eigenvalue weighted by Crippen LogP contribution is 2.38. The van der Waals surface area contributed by atoms with Crippen LogP contribution in [0.2, 0.25) is 0 Å². The van der Waals surface area contributed by atoms with E-state index in [-0.39, 0.29) is 0 Å². The topological polar surface area (TPSA) is 24.1 Å². The van der Waals surface area contributed by atoms with Crippen molar-refractivity contribution < 1.29 is 0 Å². The van der Waals surface area contributed by atoms with Crippen molar-refractivity contribution in [1.82, 2.24) is 0 Å². The van der Waals surface area contributed by atoms with Crippen LogP contribution in [0.15, 0.2) is 22.7 Å². The molecule has 1 heterocycles. The second kappa shape index (κ2) is 3.71. The molecule has 2 N–H and O–H groups in total. The third kappa shape index (κ3) is 1.98. The molecule has 2 nitrogen and oxygen atoms in total. The Morgan fingerprint density at radius 3 is 2.80 bits per heavy atom. The molecular formula is C12H15BrN2. The number of halogens is 1. The number of rotatable bonds is 1. The van der Waals surface area contributed by atoms with Crippen molar-refractivity contribution in [2.45, 2.75) is 25.3 Å². The van der Waals surface area contributed by atoms with Gasteiger partial charge in [0.15, 0.2) is 0 Å². The van der Waals surface area contributed by atoms with Gasteiger partial charge in [0.05, 0.1) is 11.4 Å². The largest absolute Gasteiger partial charge is 0.383 e. The van der Waals surface area contributed by atoms with Gasteiger partial charge in [0.25, 0.3) is 0 Å². The maximum absolute atomic E-state index is 3.67. The van der Waals surface area contributed by atoms with Gasteiger partial charge < -0.3 is 10.6 Å². The summed E-state index contributed by atoms with van der Waals surface area (Å²) in [4.78, 5) is 0. The Bertz CT molecular complexity index is 374. The molecule has 0 amide bonds. The molecule has 1 saturated carbocycles.